The molecule has 0 amide bonds. The van der Waals surface area contributed by atoms with Crippen LogP contribution in [0.5, 0.6) is 23.0 Å². The van der Waals surface area contributed by atoms with Gasteiger partial charge in [0.2, 0.25) is 0 Å². The van der Waals surface area contributed by atoms with Crippen LogP contribution in [0.15, 0.2) is 72.8 Å². The Morgan fingerprint density at radius 3 is 2.21 bits per heavy atom. The second-order valence-electron chi connectivity index (χ2n) is 10.6. The zero-order valence-electron chi connectivity index (χ0n) is 25.3. The summed E-state index contributed by atoms with van der Waals surface area (Å²) >= 11 is 0. The fourth-order valence-electron chi connectivity index (χ4n) is 4.65. The van der Waals surface area contributed by atoms with Crippen molar-refractivity contribution < 1.29 is 34.0 Å². The maximum Gasteiger partial charge on any atom is 0.311 e. The number of aliphatic hydroxyl groups excluding tert-OH is 1. The minimum absolute atomic E-state index is 0.0187. The van der Waals surface area contributed by atoms with Crippen molar-refractivity contribution in [2.24, 2.45) is 0 Å². The van der Waals surface area contributed by atoms with Gasteiger partial charge >= 0.3 is 11.9 Å². The molecular formula is C36H44O7. The van der Waals surface area contributed by atoms with E-state index in [1.54, 1.807) is 30.4 Å². The molecule has 0 heterocycles. The van der Waals surface area contributed by atoms with E-state index in [1.165, 1.54) is 63.6 Å². The Hall–Kier alpha value is -4.10. The van der Waals surface area contributed by atoms with Gasteiger partial charge in [0.15, 0.2) is 0 Å². The molecule has 1 atom stereocenters. The molecule has 43 heavy (non-hydrogen) atoms. The maximum absolute atomic E-state index is 12.7. The number of carbonyl (C=O) groups excluding carboxylic acids is 2. The van der Waals surface area contributed by atoms with Crippen LogP contribution in [0.4, 0.5) is 0 Å². The lowest BCUT2D eigenvalue weighted by atomic mass is 10.1. The van der Waals surface area contributed by atoms with E-state index in [-0.39, 0.29) is 36.2 Å². The molecule has 2 N–H and O–H groups in total. The quantitative estimate of drug-likeness (QED) is 0.0873. The van der Waals surface area contributed by atoms with Gasteiger partial charge in [-0.2, -0.15) is 0 Å². The number of carbonyl (C=O) groups is 2. The summed E-state index contributed by atoms with van der Waals surface area (Å²) < 4.78 is 16.8. The smallest absolute Gasteiger partial charge is 0.311 e. The lowest BCUT2D eigenvalue weighted by Crippen LogP contribution is -2.09. The van der Waals surface area contributed by atoms with Gasteiger partial charge in [-0.25, -0.2) is 0 Å². The highest BCUT2D eigenvalue weighted by atomic mass is 16.5. The Morgan fingerprint density at radius 2 is 1.51 bits per heavy atom. The predicted molar refractivity (Wildman–Crippen MR) is 168 cm³/mol. The maximum atomic E-state index is 12.7. The summed E-state index contributed by atoms with van der Waals surface area (Å²) in [5.41, 5.74) is 1.94. The van der Waals surface area contributed by atoms with E-state index in [1.807, 2.05) is 30.3 Å². The minimum atomic E-state index is -1.08. The Labute approximate surface area is 255 Å². The Balaban J connectivity index is 1.65. The fourth-order valence-corrected chi connectivity index (χ4v) is 4.65. The van der Waals surface area contributed by atoms with Gasteiger partial charge in [0.25, 0.3) is 0 Å². The highest BCUT2D eigenvalue weighted by molar-refractivity contribution is 5.75. The first kappa shape index (κ1) is 33.4. The lowest BCUT2D eigenvalue weighted by Gasteiger charge is -2.15. The molecule has 0 aromatic heterocycles. The van der Waals surface area contributed by atoms with Gasteiger partial charge in [-0.1, -0.05) is 101 Å². The molecule has 0 saturated carbocycles. The van der Waals surface area contributed by atoms with Gasteiger partial charge in [0, 0.05) is 36.6 Å². The normalized spacial score (nSPS) is 11.8. The highest BCUT2D eigenvalue weighted by Crippen LogP contribution is 2.32. The van der Waals surface area contributed by atoms with Crippen molar-refractivity contribution in [1.29, 1.82) is 0 Å². The van der Waals surface area contributed by atoms with Crippen LogP contribution in [0, 0.1) is 0 Å². The molecule has 3 aromatic carbocycles. The molecule has 230 valence electrons. The first-order chi connectivity index (χ1) is 20.9. The van der Waals surface area contributed by atoms with Crippen LogP contribution in [0.3, 0.4) is 0 Å². The van der Waals surface area contributed by atoms with Crippen LogP contribution in [-0.2, 0) is 16.2 Å². The molecule has 7 nitrogen and oxygen atoms in total. The summed E-state index contributed by atoms with van der Waals surface area (Å²) in [7, 11) is 0. The highest BCUT2D eigenvalue weighted by Gasteiger charge is 2.15. The number of esters is 2. The van der Waals surface area contributed by atoms with Crippen LogP contribution >= 0.6 is 0 Å². The van der Waals surface area contributed by atoms with E-state index in [0.717, 1.165) is 24.8 Å². The Kier molecular flexibility index (Phi) is 14.3. The summed E-state index contributed by atoms with van der Waals surface area (Å²) in [6, 6.07) is 18.9. The number of hydrogen-bond donors (Lipinski definition) is 2. The molecule has 0 aliphatic rings. The van der Waals surface area contributed by atoms with E-state index in [0.29, 0.717) is 16.9 Å². The van der Waals surface area contributed by atoms with Crippen molar-refractivity contribution in [3.05, 3.63) is 89.5 Å². The standard InChI is InChI=1S/C36H44O7/c1-3-4-5-6-7-8-9-10-14-17-36(40)43-34-25-31(42-27(2)37)21-18-29(34)19-23-33(39)32-22-20-30(38)24-35(32)41-26-28-15-12-11-13-16-28/h11-13,15-16,18-25,33,38-39H,3-10,14,17,26H2,1-2H3. The third-order valence-electron chi connectivity index (χ3n) is 6.97. The van der Waals surface area contributed by atoms with Crippen LogP contribution in [0.2, 0.25) is 0 Å². The van der Waals surface area contributed by atoms with Crippen molar-refractivity contribution in [1.82, 2.24) is 0 Å². The fraction of sp³-hybridized carbons (Fsp3) is 0.389. The largest absolute Gasteiger partial charge is 0.508 e. The monoisotopic (exact) mass is 588 g/mol. The zero-order valence-corrected chi connectivity index (χ0v) is 25.3. The Bertz CT molecular complexity index is 1320. The molecule has 0 bridgehead atoms. The Morgan fingerprint density at radius 1 is 0.814 bits per heavy atom. The average molecular weight is 589 g/mol. The predicted octanol–water partition coefficient (Wildman–Crippen LogP) is 8.47. The SMILES string of the molecule is CCCCCCCCCCCC(=O)Oc1cc(OC(C)=O)ccc1C=CC(O)c1ccc(O)cc1OCc1ccccc1. The van der Waals surface area contributed by atoms with Crippen molar-refractivity contribution in [3.63, 3.8) is 0 Å². The van der Waals surface area contributed by atoms with Gasteiger partial charge in [-0.15, -0.1) is 0 Å². The molecule has 7 heteroatoms. The zero-order chi connectivity index (χ0) is 30.9. The number of benzene rings is 3. The minimum Gasteiger partial charge on any atom is -0.508 e. The second-order valence-corrected chi connectivity index (χ2v) is 10.6. The van der Waals surface area contributed by atoms with E-state index in [9.17, 15) is 19.8 Å². The van der Waals surface area contributed by atoms with Gasteiger partial charge in [-0.05, 0) is 36.2 Å². The molecule has 1 unspecified atom stereocenters. The number of hydrogen-bond acceptors (Lipinski definition) is 7. The third kappa shape index (κ3) is 12.3. The molecule has 0 saturated heterocycles. The number of unbranched alkanes of at least 4 members (excludes halogenated alkanes) is 8. The molecule has 3 rings (SSSR count). The molecule has 3 aromatic rings. The first-order valence-electron chi connectivity index (χ1n) is 15.2. The van der Waals surface area contributed by atoms with Crippen LogP contribution in [0.25, 0.3) is 6.08 Å². The van der Waals surface area contributed by atoms with Gasteiger partial charge < -0.3 is 24.4 Å². The van der Waals surface area contributed by atoms with E-state index in [4.69, 9.17) is 14.2 Å². The van der Waals surface area contributed by atoms with E-state index >= 15 is 0 Å². The average Bonchev–Trinajstić information content (AvgIpc) is 2.99. The number of aliphatic hydroxyl groups is 1. The van der Waals surface area contributed by atoms with Crippen LogP contribution in [-0.4, -0.2) is 22.2 Å². The summed E-state index contributed by atoms with van der Waals surface area (Å²) in [4.78, 5) is 24.2. The van der Waals surface area contributed by atoms with Crippen molar-refractivity contribution in [2.45, 2.75) is 90.8 Å². The number of phenols is 1. The van der Waals surface area contributed by atoms with Crippen LogP contribution < -0.4 is 14.2 Å². The second kappa shape index (κ2) is 18.4. The number of rotatable bonds is 18. The number of aromatic hydroxyl groups is 1. The van der Waals surface area contributed by atoms with Crippen molar-refractivity contribution in [2.75, 3.05) is 0 Å². The summed E-state index contributed by atoms with van der Waals surface area (Å²) in [5.74, 6) is -0.000992. The first-order valence-corrected chi connectivity index (χ1v) is 15.2. The summed E-state index contributed by atoms with van der Waals surface area (Å²) in [5, 5.41) is 21.0. The van der Waals surface area contributed by atoms with Crippen LogP contribution in [0.1, 0.15) is 101 Å². The molecule has 0 radical (unpaired) electrons. The molecule has 0 fully saturated rings. The van der Waals surface area contributed by atoms with Gasteiger partial charge in [-0.3, -0.25) is 9.59 Å². The topological polar surface area (TPSA) is 102 Å². The molecular weight excluding hydrogens is 544 g/mol. The van der Waals surface area contributed by atoms with E-state index < -0.39 is 12.1 Å². The number of phenolic OH excluding ortho intramolecular Hbond substituents is 1. The van der Waals surface area contributed by atoms with Gasteiger partial charge in [0.1, 0.15) is 35.7 Å². The van der Waals surface area contributed by atoms with Gasteiger partial charge in [0.05, 0.1) is 0 Å². The van der Waals surface area contributed by atoms with Crippen molar-refractivity contribution in [3.8, 4) is 23.0 Å². The summed E-state index contributed by atoms with van der Waals surface area (Å²) in [6.07, 6.45) is 12.7. The molecule has 0 spiro atoms. The third-order valence-corrected chi connectivity index (χ3v) is 6.97. The van der Waals surface area contributed by atoms with E-state index in [2.05, 4.69) is 6.92 Å². The summed E-state index contributed by atoms with van der Waals surface area (Å²) in [6.45, 7) is 3.78. The van der Waals surface area contributed by atoms with Crippen molar-refractivity contribution >= 4 is 18.0 Å². The number of ether oxygens (including phenoxy) is 3. The molecule has 0 aliphatic carbocycles. The lowest BCUT2D eigenvalue weighted by molar-refractivity contribution is -0.134. The molecule has 0 aliphatic heterocycles.